The third kappa shape index (κ3) is 21.2. The zero-order chi connectivity index (χ0) is 24.4. The first-order valence-electron chi connectivity index (χ1n) is 14.5. The first kappa shape index (κ1) is 31.9. The number of aliphatic hydroxyl groups excluding tert-OH is 1. The van der Waals surface area contributed by atoms with Crippen LogP contribution in [-0.2, 0) is 0 Å². The van der Waals surface area contributed by atoms with Crippen molar-refractivity contribution in [2.45, 2.75) is 143 Å². The average Bonchev–Trinajstić information content (AvgIpc) is 2.81. The molecular weight excluding hydrogens is 400 g/mol. The number of hydrogen-bond donors (Lipinski definition) is 1. The van der Waals surface area contributed by atoms with Gasteiger partial charge in [-0.2, -0.15) is 0 Å². The highest BCUT2D eigenvalue weighted by molar-refractivity contribution is 4.88. The van der Waals surface area contributed by atoms with E-state index in [-0.39, 0.29) is 6.10 Å². The lowest BCUT2D eigenvalue weighted by atomic mass is 9.83. The van der Waals surface area contributed by atoms with Crippen molar-refractivity contribution in [2.75, 3.05) is 0 Å². The Morgan fingerprint density at radius 2 is 0.758 bits per heavy atom. The Morgan fingerprint density at radius 3 is 1.09 bits per heavy atom. The number of rotatable bonds is 23. The first-order chi connectivity index (χ1) is 16.2. The molecular formula is C32H58O. The molecule has 0 aromatic carbocycles. The lowest BCUT2D eigenvalue weighted by molar-refractivity contribution is 0.0707. The molecule has 1 atom stereocenters. The molecule has 0 saturated heterocycles. The summed E-state index contributed by atoms with van der Waals surface area (Å²) < 4.78 is 0. The van der Waals surface area contributed by atoms with Crippen LogP contribution < -0.4 is 0 Å². The van der Waals surface area contributed by atoms with Crippen LogP contribution in [0.2, 0.25) is 0 Å². The van der Waals surface area contributed by atoms with E-state index in [4.69, 9.17) is 0 Å². The second-order valence-corrected chi connectivity index (χ2v) is 9.78. The molecule has 0 bridgehead atoms. The van der Waals surface area contributed by atoms with Gasteiger partial charge in [0.05, 0.1) is 6.10 Å². The van der Waals surface area contributed by atoms with E-state index in [1.165, 1.54) is 64.2 Å². The van der Waals surface area contributed by atoms with Gasteiger partial charge in [0, 0.05) is 0 Å². The van der Waals surface area contributed by atoms with Crippen LogP contribution in [0.25, 0.3) is 0 Å². The van der Waals surface area contributed by atoms with Crippen molar-refractivity contribution in [1.82, 2.24) is 0 Å². The summed E-state index contributed by atoms with van der Waals surface area (Å²) in [6.45, 7) is 8.94. The topological polar surface area (TPSA) is 20.2 Å². The fourth-order valence-electron chi connectivity index (χ4n) is 4.34. The van der Waals surface area contributed by atoms with Gasteiger partial charge < -0.3 is 5.11 Å². The van der Waals surface area contributed by atoms with Crippen LogP contribution in [0.4, 0.5) is 0 Å². The van der Waals surface area contributed by atoms with Crippen molar-refractivity contribution in [3.8, 4) is 0 Å². The van der Waals surface area contributed by atoms with Crippen LogP contribution in [0.15, 0.2) is 48.6 Å². The maximum Gasteiger partial charge on any atom is 0.0571 e. The number of unbranched alkanes of at least 4 members (excludes halogenated alkanes) is 4. The van der Waals surface area contributed by atoms with Gasteiger partial charge >= 0.3 is 0 Å². The van der Waals surface area contributed by atoms with Gasteiger partial charge in [0.2, 0.25) is 0 Å². The minimum Gasteiger partial charge on any atom is -0.393 e. The van der Waals surface area contributed by atoms with Crippen LogP contribution in [0, 0.1) is 11.8 Å². The summed E-state index contributed by atoms with van der Waals surface area (Å²) >= 11 is 0. The summed E-state index contributed by atoms with van der Waals surface area (Å²) in [5.41, 5.74) is 0. The zero-order valence-electron chi connectivity index (χ0n) is 22.8. The normalized spacial score (nSPS) is 13.8. The number of aliphatic hydroxyl groups is 1. The second-order valence-electron chi connectivity index (χ2n) is 9.78. The van der Waals surface area contributed by atoms with E-state index in [0.717, 1.165) is 44.9 Å². The lowest BCUT2D eigenvalue weighted by Gasteiger charge is -2.26. The van der Waals surface area contributed by atoms with Crippen molar-refractivity contribution in [1.29, 1.82) is 0 Å². The molecule has 0 amide bonds. The molecule has 0 spiro atoms. The molecule has 0 radical (unpaired) electrons. The molecule has 0 saturated carbocycles. The Hall–Kier alpha value is -1.08. The molecule has 0 rings (SSSR count). The third-order valence-electron chi connectivity index (χ3n) is 6.50. The summed E-state index contributed by atoms with van der Waals surface area (Å²) in [5, 5.41) is 11.3. The van der Waals surface area contributed by atoms with E-state index in [0.29, 0.717) is 11.8 Å². The Morgan fingerprint density at radius 1 is 0.455 bits per heavy atom. The van der Waals surface area contributed by atoms with Crippen LogP contribution in [0.1, 0.15) is 137 Å². The standard InChI is InChI=1S/C32H58O/c1-5-9-13-17-21-25-30(26-22-18-14-10-6-2)29-32(33)31(27-23-19-15-11-7-3)28-24-20-16-12-8-4/h13-20,30-33H,5-12,21-29H2,1-4H3/b17-13-,18-14-,19-15-,20-16-. The van der Waals surface area contributed by atoms with Crippen LogP contribution in [0.5, 0.6) is 0 Å². The van der Waals surface area contributed by atoms with Gasteiger partial charge in [0.25, 0.3) is 0 Å². The Balaban J connectivity index is 4.92. The molecule has 192 valence electrons. The van der Waals surface area contributed by atoms with E-state index in [2.05, 4.69) is 76.3 Å². The van der Waals surface area contributed by atoms with Gasteiger partial charge in [-0.1, -0.05) is 102 Å². The highest BCUT2D eigenvalue weighted by atomic mass is 16.3. The summed E-state index contributed by atoms with van der Waals surface area (Å²) in [6, 6.07) is 0. The first-order valence-corrected chi connectivity index (χ1v) is 14.5. The molecule has 0 aliphatic rings. The quantitative estimate of drug-likeness (QED) is 0.151. The molecule has 1 nitrogen and oxygen atoms in total. The fourth-order valence-corrected chi connectivity index (χ4v) is 4.34. The van der Waals surface area contributed by atoms with Gasteiger partial charge in [-0.3, -0.25) is 0 Å². The summed E-state index contributed by atoms with van der Waals surface area (Å²) in [5.74, 6) is 1.03. The Kier molecular flexibility index (Phi) is 24.7. The van der Waals surface area contributed by atoms with Crippen LogP contribution in [0.3, 0.4) is 0 Å². The molecule has 0 aliphatic heterocycles. The average molecular weight is 459 g/mol. The van der Waals surface area contributed by atoms with Gasteiger partial charge in [0.1, 0.15) is 0 Å². The predicted octanol–water partition coefficient (Wildman–Crippen LogP) is 10.5. The van der Waals surface area contributed by atoms with Gasteiger partial charge in [-0.15, -0.1) is 0 Å². The van der Waals surface area contributed by atoms with Gasteiger partial charge in [0.15, 0.2) is 0 Å². The number of allylic oxidation sites excluding steroid dienone is 8. The molecule has 1 unspecified atom stereocenters. The highest BCUT2D eigenvalue weighted by Gasteiger charge is 2.22. The largest absolute Gasteiger partial charge is 0.393 e. The van der Waals surface area contributed by atoms with Gasteiger partial charge in [-0.25, -0.2) is 0 Å². The lowest BCUT2D eigenvalue weighted by Crippen LogP contribution is -2.24. The van der Waals surface area contributed by atoms with Crippen LogP contribution >= 0.6 is 0 Å². The van der Waals surface area contributed by atoms with E-state index in [1.807, 2.05) is 0 Å². The highest BCUT2D eigenvalue weighted by Crippen LogP contribution is 2.28. The minimum absolute atomic E-state index is 0.173. The molecule has 0 aliphatic carbocycles. The monoisotopic (exact) mass is 458 g/mol. The molecule has 0 heterocycles. The molecule has 1 heteroatoms. The zero-order valence-corrected chi connectivity index (χ0v) is 22.8. The maximum absolute atomic E-state index is 11.3. The Labute approximate surface area is 208 Å². The molecule has 0 aromatic heterocycles. The van der Waals surface area contributed by atoms with E-state index >= 15 is 0 Å². The maximum atomic E-state index is 11.3. The summed E-state index contributed by atoms with van der Waals surface area (Å²) in [6.07, 6.45) is 38.3. The van der Waals surface area contributed by atoms with E-state index in [9.17, 15) is 5.11 Å². The number of hydrogen-bond acceptors (Lipinski definition) is 1. The van der Waals surface area contributed by atoms with E-state index < -0.39 is 0 Å². The van der Waals surface area contributed by atoms with Crippen molar-refractivity contribution < 1.29 is 5.11 Å². The smallest absolute Gasteiger partial charge is 0.0571 e. The third-order valence-corrected chi connectivity index (χ3v) is 6.50. The predicted molar refractivity (Wildman–Crippen MR) is 151 cm³/mol. The van der Waals surface area contributed by atoms with Crippen LogP contribution in [-0.4, -0.2) is 11.2 Å². The van der Waals surface area contributed by atoms with Crippen molar-refractivity contribution >= 4 is 0 Å². The minimum atomic E-state index is -0.173. The van der Waals surface area contributed by atoms with E-state index in [1.54, 1.807) is 0 Å². The van der Waals surface area contributed by atoms with Crippen molar-refractivity contribution in [3.05, 3.63) is 48.6 Å². The molecule has 33 heavy (non-hydrogen) atoms. The van der Waals surface area contributed by atoms with Gasteiger partial charge in [-0.05, 0) is 95.3 Å². The fraction of sp³-hybridized carbons (Fsp3) is 0.750. The van der Waals surface area contributed by atoms with Crippen molar-refractivity contribution in [2.24, 2.45) is 11.8 Å². The van der Waals surface area contributed by atoms with Crippen molar-refractivity contribution in [3.63, 3.8) is 0 Å². The SMILES string of the molecule is CCC/C=C\CCC(CC/C=C\CCC)CC(O)C(CC/C=C\CCC)CC/C=C\CCC. The summed E-state index contributed by atoms with van der Waals surface area (Å²) in [4.78, 5) is 0. The molecule has 1 N–H and O–H groups in total. The Bertz CT molecular complexity index is 459. The summed E-state index contributed by atoms with van der Waals surface area (Å²) in [7, 11) is 0. The second kappa shape index (κ2) is 25.5. The molecule has 0 fully saturated rings. The molecule has 0 aromatic rings.